The second-order valence-electron chi connectivity index (χ2n) is 6.48. The lowest BCUT2D eigenvalue weighted by atomic mass is 10.1. The average Bonchev–Trinajstić information content (AvgIpc) is 3.41. The van der Waals surface area contributed by atoms with E-state index in [9.17, 15) is 9.90 Å². The number of carbonyl (C=O) groups is 1. The van der Waals surface area contributed by atoms with Crippen molar-refractivity contribution >= 4 is 45.1 Å². The topological polar surface area (TPSA) is 54.6 Å². The number of aromatic hydroxyl groups is 1. The van der Waals surface area contributed by atoms with Gasteiger partial charge in [0.2, 0.25) is 5.88 Å². The second kappa shape index (κ2) is 6.18. The van der Waals surface area contributed by atoms with Crippen LogP contribution in [0.4, 0.5) is 0 Å². The van der Waals surface area contributed by atoms with Crippen molar-refractivity contribution in [1.29, 1.82) is 0 Å². The highest BCUT2D eigenvalue weighted by atomic mass is 32.1. The minimum Gasteiger partial charge on any atom is -0.494 e. The van der Waals surface area contributed by atoms with Gasteiger partial charge in [-0.3, -0.25) is 4.79 Å². The Hall–Kier alpha value is -2.70. The van der Waals surface area contributed by atoms with Crippen LogP contribution in [0.25, 0.3) is 26.9 Å². The van der Waals surface area contributed by atoms with Gasteiger partial charge in [0, 0.05) is 26.9 Å². The molecule has 4 heterocycles. The molecular formula is C21H16N2O2S2. The van der Waals surface area contributed by atoms with Gasteiger partial charge in [-0.15, -0.1) is 22.7 Å². The van der Waals surface area contributed by atoms with Gasteiger partial charge in [-0.25, -0.2) is 4.99 Å². The molecule has 0 saturated heterocycles. The number of aromatic nitrogens is 1. The summed E-state index contributed by atoms with van der Waals surface area (Å²) in [5.41, 5.74) is 2.42. The lowest BCUT2D eigenvalue weighted by molar-refractivity contribution is -0.112. The van der Waals surface area contributed by atoms with Gasteiger partial charge in [0.1, 0.15) is 0 Å². The standard InChI is InChI=1S/C21H16N2O2S2/c1-2-7-23-15-11-12-14(22-20(24)18(12)16-5-3-8-26-16)10-13(15)19(21(23)25)17-6-4-9-27-17/h3-6,8-11,25H,2,7H2,1H3. The van der Waals surface area contributed by atoms with Crippen LogP contribution in [0.1, 0.15) is 18.2 Å². The second-order valence-corrected chi connectivity index (χ2v) is 8.38. The van der Waals surface area contributed by atoms with Crippen molar-refractivity contribution < 1.29 is 9.90 Å². The van der Waals surface area contributed by atoms with Crippen LogP contribution in [0.15, 0.2) is 52.2 Å². The van der Waals surface area contributed by atoms with Crippen LogP contribution in [-0.4, -0.2) is 15.6 Å². The maximum absolute atomic E-state index is 12.6. The zero-order valence-corrected chi connectivity index (χ0v) is 16.2. The summed E-state index contributed by atoms with van der Waals surface area (Å²) < 4.78 is 1.94. The molecular weight excluding hydrogens is 376 g/mol. The number of rotatable bonds is 4. The van der Waals surface area contributed by atoms with Gasteiger partial charge in [0.05, 0.1) is 22.0 Å². The highest BCUT2D eigenvalue weighted by Crippen LogP contribution is 2.41. The molecule has 3 aromatic heterocycles. The third-order valence-electron chi connectivity index (χ3n) is 4.84. The summed E-state index contributed by atoms with van der Waals surface area (Å²) in [4.78, 5) is 18.8. The zero-order chi connectivity index (χ0) is 18.5. The molecule has 1 aliphatic heterocycles. The maximum Gasteiger partial charge on any atom is 0.279 e. The fraction of sp³-hybridized carbons (Fsp3) is 0.143. The van der Waals surface area contributed by atoms with E-state index in [0.29, 0.717) is 17.5 Å². The van der Waals surface area contributed by atoms with Crippen LogP contribution in [0.5, 0.6) is 5.88 Å². The Morgan fingerprint density at radius 2 is 1.85 bits per heavy atom. The monoisotopic (exact) mass is 392 g/mol. The van der Waals surface area contributed by atoms with Crippen LogP contribution in [0.3, 0.4) is 0 Å². The summed E-state index contributed by atoms with van der Waals surface area (Å²) in [5.74, 6) is 0.0889. The summed E-state index contributed by atoms with van der Waals surface area (Å²) in [6.45, 7) is 2.80. The van der Waals surface area contributed by atoms with Crippen molar-refractivity contribution in [3.8, 4) is 16.3 Å². The Morgan fingerprint density at radius 3 is 2.52 bits per heavy atom. The number of nitrogens with zero attached hydrogens (tertiary/aromatic N) is 2. The molecule has 1 amide bonds. The van der Waals surface area contributed by atoms with Crippen LogP contribution in [0.2, 0.25) is 0 Å². The number of fused-ring (bicyclic) bond motifs is 2. The first kappa shape index (κ1) is 16.5. The number of hydrogen-bond acceptors (Lipinski definition) is 4. The largest absolute Gasteiger partial charge is 0.494 e. The van der Waals surface area contributed by atoms with E-state index >= 15 is 0 Å². The predicted octanol–water partition coefficient (Wildman–Crippen LogP) is 3.91. The van der Waals surface area contributed by atoms with Crippen molar-refractivity contribution in [3.63, 3.8) is 0 Å². The molecule has 0 spiro atoms. The van der Waals surface area contributed by atoms with Gasteiger partial charge < -0.3 is 9.67 Å². The van der Waals surface area contributed by atoms with E-state index in [1.807, 2.05) is 51.7 Å². The molecule has 0 saturated carbocycles. The van der Waals surface area contributed by atoms with E-state index in [2.05, 4.69) is 11.9 Å². The summed E-state index contributed by atoms with van der Waals surface area (Å²) in [6.07, 6.45) is 0.906. The Balaban J connectivity index is 1.91. The van der Waals surface area contributed by atoms with E-state index in [0.717, 1.165) is 37.9 Å². The number of amides is 1. The Labute approximate surface area is 163 Å². The molecule has 1 aliphatic rings. The smallest absolute Gasteiger partial charge is 0.279 e. The molecule has 0 bridgehead atoms. The minimum atomic E-state index is -0.191. The lowest BCUT2D eigenvalue weighted by Gasteiger charge is -2.05. The Kier molecular flexibility index (Phi) is 3.77. The van der Waals surface area contributed by atoms with Crippen molar-refractivity contribution in [3.05, 3.63) is 62.6 Å². The SMILES string of the molecule is CCCn1c(O)c(-c2cccs2)c2cc3c(cc21)=C(c1cccs1)C(=O)N=3. The van der Waals surface area contributed by atoms with E-state index in [1.165, 1.54) is 0 Å². The van der Waals surface area contributed by atoms with Gasteiger partial charge in [-0.2, -0.15) is 0 Å². The maximum atomic E-state index is 12.6. The molecule has 5 rings (SSSR count). The highest BCUT2D eigenvalue weighted by molar-refractivity contribution is 7.13. The van der Waals surface area contributed by atoms with E-state index in [1.54, 1.807) is 22.7 Å². The predicted molar refractivity (Wildman–Crippen MR) is 110 cm³/mol. The number of aryl methyl sites for hydroxylation is 1. The summed E-state index contributed by atoms with van der Waals surface area (Å²) in [5, 5.41) is 17.4. The van der Waals surface area contributed by atoms with E-state index in [-0.39, 0.29) is 11.8 Å². The van der Waals surface area contributed by atoms with Gasteiger partial charge in [0.15, 0.2) is 0 Å². The van der Waals surface area contributed by atoms with Crippen LogP contribution in [-0.2, 0) is 11.3 Å². The number of carbonyl (C=O) groups excluding carboxylic acids is 1. The number of hydrogen-bond donors (Lipinski definition) is 1. The molecule has 6 heteroatoms. The molecule has 0 atom stereocenters. The first-order valence-corrected chi connectivity index (χ1v) is 10.5. The fourth-order valence-corrected chi connectivity index (χ4v) is 5.27. The molecule has 0 aliphatic carbocycles. The number of benzene rings is 1. The summed E-state index contributed by atoms with van der Waals surface area (Å²) >= 11 is 3.14. The third kappa shape index (κ3) is 2.40. The first-order chi connectivity index (χ1) is 13.2. The van der Waals surface area contributed by atoms with Gasteiger partial charge in [-0.1, -0.05) is 19.1 Å². The van der Waals surface area contributed by atoms with Crippen LogP contribution < -0.4 is 10.6 Å². The van der Waals surface area contributed by atoms with E-state index < -0.39 is 0 Å². The molecule has 134 valence electrons. The van der Waals surface area contributed by atoms with Gasteiger partial charge in [-0.05, 0) is 41.4 Å². The van der Waals surface area contributed by atoms with Crippen molar-refractivity contribution in [2.24, 2.45) is 4.99 Å². The van der Waals surface area contributed by atoms with Crippen molar-refractivity contribution in [2.45, 2.75) is 19.9 Å². The number of thiophene rings is 2. The normalized spacial score (nSPS) is 13.4. The van der Waals surface area contributed by atoms with Crippen LogP contribution in [0, 0.1) is 0 Å². The zero-order valence-electron chi connectivity index (χ0n) is 14.6. The molecule has 27 heavy (non-hydrogen) atoms. The highest BCUT2D eigenvalue weighted by Gasteiger charge is 2.23. The molecule has 4 aromatic rings. The van der Waals surface area contributed by atoms with E-state index in [4.69, 9.17) is 0 Å². The van der Waals surface area contributed by atoms with Gasteiger partial charge >= 0.3 is 0 Å². The Morgan fingerprint density at radius 1 is 1.11 bits per heavy atom. The summed E-state index contributed by atoms with van der Waals surface area (Å²) in [6, 6.07) is 11.8. The lowest BCUT2D eigenvalue weighted by Crippen LogP contribution is -2.23. The fourth-order valence-electron chi connectivity index (χ4n) is 3.72. The summed E-state index contributed by atoms with van der Waals surface area (Å²) in [7, 11) is 0. The average molecular weight is 393 g/mol. The molecule has 0 unspecified atom stereocenters. The van der Waals surface area contributed by atoms with Crippen molar-refractivity contribution in [1.82, 2.24) is 4.57 Å². The third-order valence-corrected chi connectivity index (χ3v) is 6.62. The van der Waals surface area contributed by atoms with Gasteiger partial charge in [0.25, 0.3) is 5.91 Å². The van der Waals surface area contributed by atoms with Crippen molar-refractivity contribution in [2.75, 3.05) is 0 Å². The molecule has 1 N–H and O–H groups in total. The molecule has 0 fully saturated rings. The Bertz CT molecular complexity index is 1300. The molecule has 0 radical (unpaired) electrons. The first-order valence-electron chi connectivity index (χ1n) is 8.79. The molecule has 1 aromatic carbocycles. The molecule has 4 nitrogen and oxygen atoms in total. The minimum absolute atomic E-state index is 0.191. The van der Waals surface area contributed by atoms with Crippen LogP contribution >= 0.6 is 22.7 Å². The quantitative estimate of drug-likeness (QED) is 0.573.